The lowest BCUT2D eigenvalue weighted by atomic mass is 10.2. The normalized spacial score (nSPS) is 26.1. The van der Waals surface area contributed by atoms with Crippen molar-refractivity contribution in [1.82, 2.24) is 14.9 Å². The molecule has 0 spiro atoms. The lowest BCUT2D eigenvalue weighted by Crippen LogP contribution is -2.39. The third-order valence-corrected chi connectivity index (χ3v) is 3.49. The predicted octanol–water partition coefficient (Wildman–Crippen LogP) is 1.57. The molecule has 0 N–H and O–H groups in total. The van der Waals surface area contributed by atoms with Gasteiger partial charge in [-0.2, -0.15) is 0 Å². The van der Waals surface area contributed by atoms with Gasteiger partial charge in [-0.3, -0.25) is 4.90 Å². The Bertz CT molecular complexity index is 392. The van der Waals surface area contributed by atoms with E-state index in [1.54, 1.807) is 0 Å². The molecule has 4 nitrogen and oxygen atoms in total. The summed E-state index contributed by atoms with van der Waals surface area (Å²) in [5.41, 5.74) is 1.03. The molecule has 1 aliphatic heterocycles. The predicted molar refractivity (Wildman–Crippen MR) is 64.6 cm³/mol. The molecule has 0 amide bonds. The van der Waals surface area contributed by atoms with Gasteiger partial charge in [-0.15, -0.1) is 0 Å². The third-order valence-electron chi connectivity index (χ3n) is 3.49. The highest BCUT2D eigenvalue weighted by molar-refractivity contribution is 5.07. The van der Waals surface area contributed by atoms with Crippen LogP contribution in [0, 0.1) is 12.8 Å². The highest BCUT2D eigenvalue weighted by Crippen LogP contribution is 2.31. The Labute approximate surface area is 102 Å². The van der Waals surface area contributed by atoms with Crippen LogP contribution in [0.15, 0.2) is 12.3 Å². The van der Waals surface area contributed by atoms with Crippen LogP contribution in [0.25, 0.3) is 0 Å². The van der Waals surface area contributed by atoms with Crippen LogP contribution >= 0.6 is 0 Å². The van der Waals surface area contributed by atoms with E-state index in [1.165, 1.54) is 19.4 Å². The van der Waals surface area contributed by atoms with Crippen LogP contribution in [-0.4, -0.2) is 41.1 Å². The SMILES string of the molecule is Cc1nccc([C@H]2CN(CC3CC3)CCO2)n1. The Morgan fingerprint density at radius 2 is 2.35 bits per heavy atom. The fraction of sp³-hybridized carbons (Fsp3) is 0.692. The van der Waals surface area contributed by atoms with Gasteiger partial charge in [0, 0.05) is 25.8 Å². The van der Waals surface area contributed by atoms with Gasteiger partial charge in [0.15, 0.2) is 0 Å². The lowest BCUT2D eigenvalue weighted by Gasteiger charge is -2.32. The van der Waals surface area contributed by atoms with Gasteiger partial charge in [0.2, 0.25) is 0 Å². The van der Waals surface area contributed by atoms with E-state index in [1.807, 2.05) is 19.2 Å². The van der Waals surface area contributed by atoms with Gasteiger partial charge in [-0.05, 0) is 31.7 Å². The Morgan fingerprint density at radius 1 is 1.47 bits per heavy atom. The van der Waals surface area contributed by atoms with Gasteiger partial charge in [0.05, 0.1) is 12.3 Å². The largest absolute Gasteiger partial charge is 0.369 e. The monoisotopic (exact) mass is 233 g/mol. The van der Waals surface area contributed by atoms with Gasteiger partial charge < -0.3 is 4.74 Å². The number of aromatic nitrogens is 2. The van der Waals surface area contributed by atoms with Gasteiger partial charge in [-0.25, -0.2) is 9.97 Å². The second kappa shape index (κ2) is 4.70. The first-order valence-corrected chi connectivity index (χ1v) is 6.45. The average molecular weight is 233 g/mol. The summed E-state index contributed by atoms with van der Waals surface area (Å²) in [6, 6.07) is 1.97. The summed E-state index contributed by atoms with van der Waals surface area (Å²) in [5, 5.41) is 0. The van der Waals surface area contributed by atoms with E-state index in [2.05, 4.69) is 14.9 Å². The van der Waals surface area contributed by atoms with Gasteiger partial charge >= 0.3 is 0 Å². The lowest BCUT2D eigenvalue weighted by molar-refractivity contribution is -0.0335. The molecular weight excluding hydrogens is 214 g/mol. The smallest absolute Gasteiger partial charge is 0.125 e. The number of aryl methyl sites for hydroxylation is 1. The van der Waals surface area contributed by atoms with Crippen LogP contribution in [0.4, 0.5) is 0 Å². The fourth-order valence-corrected chi connectivity index (χ4v) is 2.37. The molecule has 2 fully saturated rings. The van der Waals surface area contributed by atoms with Crippen molar-refractivity contribution in [2.45, 2.75) is 25.9 Å². The van der Waals surface area contributed by atoms with Gasteiger partial charge in [-0.1, -0.05) is 0 Å². The number of ether oxygens (including phenoxy) is 1. The van der Waals surface area contributed by atoms with Crippen LogP contribution in [0.2, 0.25) is 0 Å². The van der Waals surface area contributed by atoms with Crippen LogP contribution in [0.5, 0.6) is 0 Å². The van der Waals surface area contributed by atoms with Crippen molar-refractivity contribution in [3.8, 4) is 0 Å². The fourth-order valence-electron chi connectivity index (χ4n) is 2.37. The number of morpholine rings is 1. The van der Waals surface area contributed by atoms with Crippen molar-refractivity contribution in [1.29, 1.82) is 0 Å². The minimum absolute atomic E-state index is 0.129. The molecule has 0 bridgehead atoms. The molecule has 1 atom stereocenters. The summed E-state index contributed by atoms with van der Waals surface area (Å²) in [4.78, 5) is 11.1. The second-order valence-electron chi connectivity index (χ2n) is 5.09. The van der Waals surface area contributed by atoms with E-state index in [0.717, 1.165) is 37.1 Å². The first kappa shape index (κ1) is 11.1. The highest BCUT2D eigenvalue weighted by Gasteiger charge is 2.28. The molecule has 1 aromatic heterocycles. The van der Waals surface area contributed by atoms with Crippen molar-refractivity contribution < 1.29 is 4.74 Å². The number of rotatable bonds is 3. The summed E-state index contributed by atoms with van der Waals surface area (Å²) in [5.74, 6) is 1.77. The van der Waals surface area contributed by atoms with E-state index in [4.69, 9.17) is 4.74 Å². The molecular formula is C13H19N3O. The summed E-state index contributed by atoms with van der Waals surface area (Å²) in [6.07, 6.45) is 4.77. The van der Waals surface area contributed by atoms with Crippen LogP contribution in [0.1, 0.15) is 30.5 Å². The van der Waals surface area contributed by atoms with Crippen LogP contribution in [0.3, 0.4) is 0 Å². The molecule has 2 aliphatic rings. The van der Waals surface area contributed by atoms with E-state index < -0.39 is 0 Å². The maximum atomic E-state index is 5.82. The molecule has 0 unspecified atom stereocenters. The summed E-state index contributed by atoms with van der Waals surface area (Å²) < 4.78 is 5.82. The quantitative estimate of drug-likeness (QED) is 0.794. The molecule has 1 aliphatic carbocycles. The van der Waals surface area contributed by atoms with Crippen molar-refractivity contribution in [2.24, 2.45) is 5.92 Å². The molecule has 17 heavy (non-hydrogen) atoms. The van der Waals surface area contributed by atoms with Crippen molar-refractivity contribution in [3.63, 3.8) is 0 Å². The second-order valence-corrected chi connectivity index (χ2v) is 5.09. The maximum absolute atomic E-state index is 5.82. The number of nitrogens with zero attached hydrogens (tertiary/aromatic N) is 3. The third kappa shape index (κ3) is 2.82. The summed E-state index contributed by atoms with van der Waals surface area (Å²) in [6.45, 7) is 6.03. The summed E-state index contributed by atoms with van der Waals surface area (Å²) in [7, 11) is 0. The molecule has 3 rings (SSSR count). The molecule has 0 aromatic carbocycles. The zero-order valence-corrected chi connectivity index (χ0v) is 10.3. The number of hydrogen-bond donors (Lipinski definition) is 0. The van der Waals surface area contributed by atoms with Crippen molar-refractivity contribution in [2.75, 3.05) is 26.2 Å². The minimum atomic E-state index is 0.129. The van der Waals surface area contributed by atoms with Gasteiger partial charge in [0.1, 0.15) is 11.9 Å². The first-order valence-electron chi connectivity index (χ1n) is 6.45. The van der Waals surface area contributed by atoms with Crippen LogP contribution in [-0.2, 0) is 4.74 Å². The zero-order valence-electron chi connectivity index (χ0n) is 10.3. The molecule has 1 saturated carbocycles. The number of hydrogen-bond acceptors (Lipinski definition) is 4. The van der Waals surface area contributed by atoms with Crippen LogP contribution < -0.4 is 0 Å². The Morgan fingerprint density at radius 3 is 3.12 bits per heavy atom. The van der Waals surface area contributed by atoms with Crippen molar-refractivity contribution in [3.05, 3.63) is 23.8 Å². The zero-order chi connectivity index (χ0) is 11.7. The Balaban J connectivity index is 1.65. The molecule has 2 heterocycles. The van der Waals surface area contributed by atoms with E-state index in [0.29, 0.717) is 0 Å². The molecule has 4 heteroatoms. The summed E-state index contributed by atoms with van der Waals surface area (Å²) >= 11 is 0. The Kier molecular flexibility index (Phi) is 3.07. The maximum Gasteiger partial charge on any atom is 0.125 e. The molecule has 1 saturated heterocycles. The molecule has 1 aromatic rings. The molecule has 92 valence electrons. The minimum Gasteiger partial charge on any atom is -0.369 e. The first-order chi connectivity index (χ1) is 8.31. The van der Waals surface area contributed by atoms with E-state index >= 15 is 0 Å². The Hall–Kier alpha value is -1.00. The van der Waals surface area contributed by atoms with E-state index in [9.17, 15) is 0 Å². The van der Waals surface area contributed by atoms with E-state index in [-0.39, 0.29) is 6.10 Å². The molecule has 0 radical (unpaired) electrons. The van der Waals surface area contributed by atoms with Gasteiger partial charge in [0.25, 0.3) is 0 Å². The average Bonchev–Trinajstić information content (AvgIpc) is 3.13. The highest BCUT2D eigenvalue weighted by atomic mass is 16.5. The van der Waals surface area contributed by atoms with Crippen molar-refractivity contribution >= 4 is 0 Å². The topological polar surface area (TPSA) is 38.2 Å². The standard InChI is InChI=1S/C13H19N3O/c1-10-14-5-4-12(15-10)13-9-16(6-7-17-13)8-11-2-3-11/h4-5,11,13H,2-3,6-9H2,1H3/t13-/m1/s1.